The molecule has 1 aliphatic heterocycles. The Balaban J connectivity index is 1.81. The SMILES string of the molecule is CCCC[C@H](C(=O)OCC(=O)Nc1cc(Cl)ccc1Cl)N1C(=O)c2c(Cl)c(Cl)c(Cl)c(Cl)c2C1=O. The summed E-state index contributed by atoms with van der Waals surface area (Å²) in [5, 5.41) is 2.15. The Morgan fingerprint density at radius 1 is 0.943 bits per heavy atom. The molecule has 7 nitrogen and oxygen atoms in total. The lowest BCUT2D eigenvalue weighted by atomic mass is 10.1. The van der Waals surface area contributed by atoms with E-state index in [1.54, 1.807) is 6.07 Å². The van der Waals surface area contributed by atoms with Crippen LogP contribution in [0.3, 0.4) is 0 Å². The van der Waals surface area contributed by atoms with E-state index in [-0.39, 0.29) is 48.3 Å². The number of carbonyl (C=O) groups is 4. The number of fused-ring (bicyclic) bond motifs is 1. The Morgan fingerprint density at radius 3 is 2.06 bits per heavy atom. The topological polar surface area (TPSA) is 92.8 Å². The van der Waals surface area contributed by atoms with Gasteiger partial charge in [-0.3, -0.25) is 19.3 Å². The zero-order valence-electron chi connectivity index (χ0n) is 17.9. The van der Waals surface area contributed by atoms with E-state index < -0.39 is 36.3 Å². The van der Waals surface area contributed by atoms with Gasteiger partial charge in [0.05, 0.1) is 41.9 Å². The minimum absolute atomic E-state index is 0.0826. The molecule has 35 heavy (non-hydrogen) atoms. The molecule has 0 aromatic heterocycles. The van der Waals surface area contributed by atoms with Crippen molar-refractivity contribution in [1.29, 1.82) is 0 Å². The van der Waals surface area contributed by atoms with Crippen molar-refractivity contribution in [1.82, 2.24) is 4.90 Å². The van der Waals surface area contributed by atoms with Crippen molar-refractivity contribution in [3.05, 3.63) is 59.5 Å². The lowest BCUT2D eigenvalue weighted by Gasteiger charge is -2.24. The Labute approximate surface area is 230 Å². The van der Waals surface area contributed by atoms with E-state index in [2.05, 4.69) is 5.32 Å². The predicted molar refractivity (Wildman–Crippen MR) is 136 cm³/mol. The van der Waals surface area contributed by atoms with Crippen LogP contribution in [0, 0.1) is 0 Å². The summed E-state index contributed by atoms with van der Waals surface area (Å²) in [5.41, 5.74) is -0.279. The molecule has 1 aliphatic rings. The number of anilines is 1. The van der Waals surface area contributed by atoms with Crippen LogP contribution in [0.2, 0.25) is 30.1 Å². The molecule has 0 radical (unpaired) electrons. The summed E-state index contributed by atoms with van der Waals surface area (Å²) in [6, 6.07) is 3.12. The van der Waals surface area contributed by atoms with Gasteiger partial charge in [-0.2, -0.15) is 0 Å². The molecular formula is C22H16Cl6N2O5. The molecule has 186 valence electrons. The third-order valence-corrected chi connectivity index (χ3v) is 7.46. The normalized spacial score (nSPS) is 13.6. The van der Waals surface area contributed by atoms with Gasteiger partial charge in [0, 0.05) is 5.02 Å². The lowest BCUT2D eigenvalue weighted by Crippen LogP contribution is -2.46. The molecule has 0 saturated carbocycles. The van der Waals surface area contributed by atoms with Gasteiger partial charge in [0.2, 0.25) is 0 Å². The summed E-state index contributed by atoms with van der Waals surface area (Å²) in [4.78, 5) is 52.3. The minimum Gasteiger partial charge on any atom is -0.454 e. The molecule has 1 heterocycles. The first-order chi connectivity index (χ1) is 16.5. The number of nitrogens with one attached hydrogen (secondary N) is 1. The molecule has 0 bridgehead atoms. The summed E-state index contributed by atoms with van der Waals surface area (Å²) in [5.74, 6) is -3.42. The van der Waals surface area contributed by atoms with Crippen molar-refractivity contribution in [2.24, 2.45) is 0 Å². The number of esters is 1. The van der Waals surface area contributed by atoms with E-state index in [1.165, 1.54) is 12.1 Å². The maximum atomic E-state index is 13.1. The lowest BCUT2D eigenvalue weighted by molar-refractivity contribution is -0.151. The van der Waals surface area contributed by atoms with Gasteiger partial charge in [0.25, 0.3) is 17.7 Å². The zero-order valence-corrected chi connectivity index (χ0v) is 22.4. The number of nitrogens with zero attached hydrogens (tertiary/aromatic N) is 1. The summed E-state index contributed by atoms with van der Waals surface area (Å²) in [7, 11) is 0. The molecule has 0 spiro atoms. The monoisotopic (exact) mass is 598 g/mol. The van der Waals surface area contributed by atoms with Crippen LogP contribution in [-0.2, 0) is 14.3 Å². The molecule has 0 aliphatic carbocycles. The van der Waals surface area contributed by atoms with Crippen LogP contribution in [0.4, 0.5) is 5.69 Å². The summed E-state index contributed by atoms with van der Waals surface area (Å²) < 4.78 is 5.13. The van der Waals surface area contributed by atoms with E-state index in [0.717, 1.165) is 0 Å². The van der Waals surface area contributed by atoms with Gasteiger partial charge in [-0.1, -0.05) is 89.4 Å². The second-order valence-electron chi connectivity index (χ2n) is 7.42. The summed E-state index contributed by atoms with van der Waals surface area (Å²) >= 11 is 36.3. The first-order valence-electron chi connectivity index (χ1n) is 10.1. The molecule has 0 saturated heterocycles. The largest absolute Gasteiger partial charge is 0.454 e. The van der Waals surface area contributed by atoms with Crippen LogP contribution in [0.5, 0.6) is 0 Å². The van der Waals surface area contributed by atoms with Gasteiger partial charge in [-0.25, -0.2) is 4.79 Å². The first-order valence-corrected chi connectivity index (χ1v) is 12.4. The minimum atomic E-state index is -1.34. The molecule has 2 aromatic carbocycles. The van der Waals surface area contributed by atoms with Gasteiger partial charge < -0.3 is 10.1 Å². The van der Waals surface area contributed by atoms with Crippen LogP contribution >= 0.6 is 69.6 Å². The number of ether oxygens (including phenoxy) is 1. The van der Waals surface area contributed by atoms with Crippen molar-refractivity contribution in [3.63, 3.8) is 0 Å². The van der Waals surface area contributed by atoms with Crippen molar-refractivity contribution < 1.29 is 23.9 Å². The molecule has 1 N–H and O–H groups in total. The number of amides is 3. The predicted octanol–water partition coefficient (Wildman–Crippen LogP) is 6.94. The quantitative estimate of drug-likeness (QED) is 0.153. The average Bonchev–Trinajstić information content (AvgIpc) is 3.08. The number of benzene rings is 2. The molecule has 2 aromatic rings. The fraction of sp³-hybridized carbons (Fsp3) is 0.273. The van der Waals surface area contributed by atoms with E-state index in [4.69, 9.17) is 74.3 Å². The van der Waals surface area contributed by atoms with Crippen molar-refractivity contribution in [3.8, 4) is 0 Å². The Kier molecular flexibility index (Phi) is 9.18. The molecular weight excluding hydrogens is 585 g/mol. The highest BCUT2D eigenvalue weighted by atomic mass is 35.5. The number of hydrogen-bond acceptors (Lipinski definition) is 5. The molecule has 3 rings (SSSR count). The number of hydrogen-bond donors (Lipinski definition) is 1. The Hall–Kier alpha value is -1.74. The van der Waals surface area contributed by atoms with Crippen LogP contribution in [0.1, 0.15) is 46.9 Å². The molecule has 3 amide bonds. The van der Waals surface area contributed by atoms with Gasteiger partial charge >= 0.3 is 5.97 Å². The summed E-state index contributed by atoms with van der Waals surface area (Å²) in [6.07, 6.45) is 1.21. The smallest absolute Gasteiger partial charge is 0.329 e. The maximum absolute atomic E-state index is 13.1. The highest BCUT2D eigenvalue weighted by Gasteiger charge is 2.47. The van der Waals surface area contributed by atoms with E-state index in [0.29, 0.717) is 22.8 Å². The van der Waals surface area contributed by atoms with Crippen LogP contribution in [0.15, 0.2) is 18.2 Å². The van der Waals surface area contributed by atoms with Crippen LogP contribution in [0.25, 0.3) is 0 Å². The standard InChI is InChI=1S/C22H16Cl6N2O5/c1-2-3-4-12(22(34)35-8-13(31)29-11-7-9(23)5-6-10(11)24)30-20(32)14-15(21(30)33)17(26)19(28)18(27)16(14)25/h5-7,12H,2-4,8H2,1H3,(H,29,31)/t12-/m1/s1. The average molecular weight is 601 g/mol. The third kappa shape index (κ3) is 5.66. The molecule has 1 atom stereocenters. The van der Waals surface area contributed by atoms with E-state index in [9.17, 15) is 19.2 Å². The highest BCUT2D eigenvalue weighted by Crippen LogP contribution is 2.45. The van der Waals surface area contributed by atoms with Crippen molar-refractivity contribution >= 4 is 99.0 Å². The molecule has 0 unspecified atom stereocenters. The number of halogens is 6. The molecule has 13 heteroatoms. The van der Waals surface area contributed by atoms with Crippen molar-refractivity contribution in [2.45, 2.75) is 32.2 Å². The van der Waals surface area contributed by atoms with Gasteiger partial charge in [-0.05, 0) is 24.6 Å². The second kappa shape index (κ2) is 11.5. The number of unbranched alkanes of at least 4 members (excludes halogenated alkanes) is 1. The number of imide groups is 1. The zero-order chi connectivity index (χ0) is 26.0. The van der Waals surface area contributed by atoms with Crippen LogP contribution < -0.4 is 5.32 Å². The number of rotatable bonds is 8. The summed E-state index contributed by atoms with van der Waals surface area (Å²) in [6.45, 7) is 1.16. The highest BCUT2D eigenvalue weighted by molar-refractivity contribution is 6.55. The Bertz CT molecular complexity index is 1190. The fourth-order valence-electron chi connectivity index (χ4n) is 3.41. The van der Waals surface area contributed by atoms with E-state index >= 15 is 0 Å². The van der Waals surface area contributed by atoms with Gasteiger partial charge in [0.1, 0.15) is 6.04 Å². The first kappa shape index (κ1) is 27.8. The second-order valence-corrected chi connectivity index (χ2v) is 9.78. The number of carbonyl (C=O) groups excluding carboxylic acids is 4. The van der Waals surface area contributed by atoms with Gasteiger partial charge in [0.15, 0.2) is 6.61 Å². The van der Waals surface area contributed by atoms with Crippen LogP contribution in [-0.4, -0.2) is 41.2 Å². The van der Waals surface area contributed by atoms with Crippen molar-refractivity contribution in [2.75, 3.05) is 11.9 Å². The fourth-order valence-corrected chi connectivity index (χ4v) is 4.76. The van der Waals surface area contributed by atoms with E-state index in [1.807, 2.05) is 6.92 Å². The third-order valence-electron chi connectivity index (χ3n) is 5.10. The maximum Gasteiger partial charge on any atom is 0.329 e. The Morgan fingerprint density at radius 2 is 1.51 bits per heavy atom. The molecule has 0 fully saturated rings. The van der Waals surface area contributed by atoms with Gasteiger partial charge in [-0.15, -0.1) is 0 Å².